The minimum Gasteiger partial charge on any atom is -0.387 e. The van der Waals surface area contributed by atoms with Crippen LogP contribution in [0.3, 0.4) is 0 Å². The van der Waals surface area contributed by atoms with Crippen molar-refractivity contribution < 1.29 is 58.8 Å². The number of aliphatic hydroxyl groups excluding tert-OH is 2. The highest BCUT2D eigenvalue weighted by atomic mass is 32.3. The Hall–Kier alpha value is -1.53. The van der Waals surface area contributed by atoms with Gasteiger partial charge in [-0.1, -0.05) is 42.2 Å². The van der Waals surface area contributed by atoms with E-state index >= 15 is 0 Å². The first-order valence-corrected chi connectivity index (χ1v) is 19.4. The SMILES string of the molecule is CC(C)=CC(=O)CC(C)=C1CCC2C3CC(OC4OC(C)C(OS(=O)(=O)O)C(O)C4O)C4CC(OS(=O)(=O)O)CCC4(C)C3=CCC12C. The van der Waals surface area contributed by atoms with E-state index in [9.17, 15) is 40.9 Å². The first-order chi connectivity index (χ1) is 22.1. The highest BCUT2D eigenvalue weighted by Crippen LogP contribution is 2.66. The molecule has 15 heteroatoms. The number of rotatable bonds is 9. The third-order valence-electron chi connectivity index (χ3n) is 11.7. The summed E-state index contributed by atoms with van der Waals surface area (Å²) in [5.74, 6) is 0.0494. The van der Waals surface area contributed by atoms with Crippen LogP contribution in [0.4, 0.5) is 0 Å². The number of hydrogen-bond acceptors (Lipinski definition) is 11. The van der Waals surface area contributed by atoms with Gasteiger partial charge in [-0.15, -0.1) is 0 Å². The van der Waals surface area contributed by atoms with E-state index in [1.165, 1.54) is 18.1 Å². The molecule has 0 aromatic carbocycles. The minimum atomic E-state index is -4.96. The predicted octanol–water partition coefficient (Wildman–Crippen LogP) is 4.03. The summed E-state index contributed by atoms with van der Waals surface area (Å²) < 4.78 is 86.8. The molecule has 4 N–H and O–H groups in total. The van der Waals surface area contributed by atoms with Gasteiger partial charge in [0.1, 0.15) is 18.3 Å². The Kier molecular flexibility index (Phi) is 10.6. The number of hydrogen-bond donors (Lipinski definition) is 4. The van der Waals surface area contributed by atoms with E-state index in [2.05, 4.69) is 24.1 Å². The number of allylic oxidation sites excluding steroid dienone is 6. The van der Waals surface area contributed by atoms with E-state index < -0.39 is 69.1 Å². The minimum absolute atomic E-state index is 0.0616. The molecule has 3 saturated carbocycles. The van der Waals surface area contributed by atoms with E-state index in [4.69, 9.17) is 13.7 Å². The molecule has 0 aromatic heterocycles. The molecule has 5 aliphatic rings. The molecule has 12 atom stereocenters. The fraction of sp³-hybridized carbons (Fsp3) is 0.788. The number of carbonyl (C=O) groups is 1. The summed E-state index contributed by atoms with van der Waals surface area (Å²) in [6.45, 7) is 11.7. The van der Waals surface area contributed by atoms with Crippen molar-refractivity contribution >= 4 is 26.6 Å². The Labute approximate surface area is 283 Å². The second kappa shape index (κ2) is 13.5. The van der Waals surface area contributed by atoms with E-state index in [-0.39, 0.29) is 35.4 Å². The van der Waals surface area contributed by atoms with Crippen LogP contribution in [-0.4, -0.2) is 84.9 Å². The summed E-state index contributed by atoms with van der Waals surface area (Å²) in [7, 11) is -9.67. The van der Waals surface area contributed by atoms with Gasteiger partial charge in [0, 0.05) is 6.42 Å². The second-order valence-corrected chi connectivity index (χ2v) is 17.3. The standard InChI is InChI=1S/C33H50O13S2/c1-17(2)13-20(34)14-18(3)23-7-8-24-22-16-27(44-31-29(36)28(35)30(19(4)43-31)46-48(40,41)42)26-15-21(45-47(37,38)39)9-11-33(26,6)25(22)10-12-32(23,24)5/h10,13,19,21-22,24,26-31,35-36H,7-9,11-12,14-16H2,1-6H3,(H,37,38,39)(H,40,41,42). The predicted molar refractivity (Wildman–Crippen MR) is 173 cm³/mol. The molecule has 0 amide bonds. The fourth-order valence-corrected chi connectivity index (χ4v) is 10.8. The first-order valence-electron chi connectivity index (χ1n) is 16.7. The molecule has 0 bridgehead atoms. The number of ether oxygens (including phenoxy) is 2. The zero-order chi connectivity index (χ0) is 35.6. The van der Waals surface area contributed by atoms with Gasteiger partial charge in [0.2, 0.25) is 0 Å². The lowest BCUT2D eigenvalue weighted by Crippen LogP contribution is -2.61. The molecule has 13 nitrogen and oxygen atoms in total. The first kappa shape index (κ1) is 37.7. The zero-order valence-electron chi connectivity index (χ0n) is 28.4. The van der Waals surface area contributed by atoms with Crippen LogP contribution >= 0.6 is 0 Å². The van der Waals surface area contributed by atoms with Crippen molar-refractivity contribution in [3.63, 3.8) is 0 Å². The Morgan fingerprint density at radius 3 is 2.27 bits per heavy atom. The van der Waals surface area contributed by atoms with Gasteiger partial charge in [-0.3, -0.25) is 13.9 Å². The van der Waals surface area contributed by atoms with Gasteiger partial charge >= 0.3 is 20.8 Å². The maximum absolute atomic E-state index is 12.7. The van der Waals surface area contributed by atoms with Crippen LogP contribution < -0.4 is 0 Å². The van der Waals surface area contributed by atoms with Crippen molar-refractivity contribution in [2.45, 2.75) is 136 Å². The van der Waals surface area contributed by atoms with Gasteiger partial charge in [-0.05, 0) is 107 Å². The average molecular weight is 719 g/mol. The van der Waals surface area contributed by atoms with E-state index in [1.807, 2.05) is 20.8 Å². The maximum Gasteiger partial charge on any atom is 0.397 e. The third kappa shape index (κ3) is 7.55. The number of ketones is 1. The van der Waals surface area contributed by atoms with Gasteiger partial charge in [0.15, 0.2) is 12.1 Å². The van der Waals surface area contributed by atoms with Crippen LogP contribution in [0.15, 0.2) is 34.4 Å². The summed E-state index contributed by atoms with van der Waals surface area (Å²) >= 11 is 0. The summed E-state index contributed by atoms with van der Waals surface area (Å²) in [4.78, 5) is 12.7. The van der Waals surface area contributed by atoms with Gasteiger partial charge < -0.3 is 19.7 Å². The summed E-state index contributed by atoms with van der Waals surface area (Å²) in [5, 5.41) is 21.8. The van der Waals surface area contributed by atoms with Crippen molar-refractivity contribution in [3.8, 4) is 0 Å². The molecule has 1 aliphatic heterocycles. The smallest absolute Gasteiger partial charge is 0.387 e. The molecule has 48 heavy (non-hydrogen) atoms. The number of fused-ring (bicyclic) bond motifs is 5. The largest absolute Gasteiger partial charge is 0.397 e. The Morgan fingerprint density at radius 1 is 0.979 bits per heavy atom. The second-order valence-electron chi connectivity index (χ2n) is 15.2. The molecule has 272 valence electrons. The monoisotopic (exact) mass is 718 g/mol. The summed E-state index contributed by atoms with van der Waals surface area (Å²) in [5.41, 5.74) is 4.00. The highest BCUT2D eigenvalue weighted by molar-refractivity contribution is 7.81. The lowest BCUT2D eigenvalue weighted by Gasteiger charge is -2.59. The quantitative estimate of drug-likeness (QED) is 0.151. The van der Waals surface area contributed by atoms with Crippen molar-refractivity contribution in [3.05, 3.63) is 34.4 Å². The number of aliphatic hydroxyl groups is 2. The van der Waals surface area contributed by atoms with Crippen LogP contribution in [0.25, 0.3) is 0 Å². The molecular weight excluding hydrogens is 668 g/mol. The Bertz CT molecular complexity index is 1580. The van der Waals surface area contributed by atoms with Crippen molar-refractivity contribution in [2.24, 2.45) is 28.6 Å². The summed E-state index contributed by atoms with van der Waals surface area (Å²) in [6.07, 6.45) is -0.374. The molecule has 5 rings (SSSR count). The van der Waals surface area contributed by atoms with Crippen LogP contribution in [0, 0.1) is 28.6 Å². The van der Waals surface area contributed by atoms with Crippen LogP contribution in [-0.2, 0) is 43.4 Å². The molecule has 0 spiro atoms. The molecule has 4 aliphatic carbocycles. The van der Waals surface area contributed by atoms with Gasteiger partial charge in [0.05, 0.1) is 18.3 Å². The lowest BCUT2D eigenvalue weighted by molar-refractivity contribution is -0.312. The van der Waals surface area contributed by atoms with Crippen molar-refractivity contribution in [2.75, 3.05) is 0 Å². The van der Waals surface area contributed by atoms with Crippen molar-refractivity contribution in [1.29, 1.82) is 0 Å². The number of carbonyl (C=O) groups excluding carboxylic acids is 1. The van der Waals surface area contributed by atoms with E-state index in [0.29, 0.717) is 25.7 Å². The van der Waals surface area contributed by atoms with Crippen LogP contribution in [0.1, 0.15) is 92.9 Å². The fourth-order valence-electron chi connectivity index (χ4n) is 9.74. The molecule has 4 fully saturated rings. The molecule has 1 saturated heterocycles. The molecule has 0 aromatic rings. The molecule has 1 heterocycles. The Morgan fingerprint density at radius 2 is 1.65 bits per heavy atom. The van der Waals surface area contributed by atoms with Crippen LogP contribution in [0.5, 0.6) is 0 Å². The van der Waals surface area contributed by atoms with E-state index in [1.54, 1.807) is 6.08 Å². The lowest BCUT2D eigenvalue weighted by atomic mass is 9.48. The average Bonchev–Trinajstić information content (AvgIpc) is 3.30. The van der Waals surface area contributed by atoms with E-state index in [0.717, 1.165) is 30.4 Å². The van der Waals surface area contributed by atoms with Gasteiger partial charge in [-0.25, -0.2) is 8.37 Å². The highest BCUT2D eigenvalue weighted by Gasteiger charge is 2.60. The molecule has 12 unspecified atom stereocenters. The summed E-state index contributed by atoms with van der Waals surface area (Å²) in [6, 6.07) is 0. The van der Waals surface area contributed by atoms with Gasteiger partial charge in [-0.2, -0.15) is 16.8 Å². The van der Waals surface area contributed by atoms with Crippen LogP contribution in [0.2, 0.25) is 0 Å². The third-order valence-corrected chi connectivity index (χ3v) is 12.7. The maximum atomic E-state index is 12.7. The van der Waals surface area contributed by atoms with Crippen molar-refractivity contribution in [1.82, 2.24) is 0 Å². The topological polar surface area (TPSA) is 203 Å². The Balaban J connectivity index is 1.47. The molecule has 0 radical (unpaired) electrons. The molecular formula is C33H50O13S2. The van der Waals surface area contributed by atoms with Gasteiger partial charge in [0.25, 0.3) is 0 Å². The normalized spacial score (nSPS) is 42.6. The zero-order valence-corrected chi connectivity index (χ0v) is 30.0.